The van der Waals surface area contributed by atoms with Gasteiger partial charge in [0.15, 0.2) is 11.9 Å². The highest BCUT2D eigenvalue weighted by atomic mass is 79.9. The van der Waals surface area contributed by atoms with Crippen LogP contribution in [0, 0.1) is 16.1 Å². The van der Waals surface area contributed by atoms with Gasteiger partial charge in [-0.25, -0.2) is 4.98 Å². The summed E-state index contributed by atoms with van der Waals surface area (Å²) in [7, 11) is 2.75. The molecule has 0 N–H and O–H groups in total. The Balaban J connectivity index is 0.000000224. The maximum atomic E-state index is 12.5. The molecule has 0 saturated carbocycles. The number of ether oxygens (including phenoxy) is 2. The zero-order valence-electron chi connectivity index (χ0n) is 11.4. The van der Waals surface area contributed by atoms with E-state index in [1.807, 2.05) is 0 Å². The molecule has 0 aliphatic heterocycles. The van der Waals surface area contributed by atoms with Gasteiger partial charge in [0.2, 0.25) is 5.75 Å². The minimum absolute atomic E-state index is 0.148. The van der Waals surface area contributed by atoms with Crippen LogP contribution in [0.2, 0.25) is 0 Å². The summed E-state index contributed by atoms with van der Waals surface area (Å²) < 4.78 is 23.3. The molecule has 22 heavy (non-hydrogen) atoms. The van der Waals surface area contributed by atoms with Crippen LogP contribution < -0.4 is 9.47 Å². The van der Waals surface area contributed by atoms with Crippen LogP contribution in [-0.4, -0.2) is 29.1 Å². The van der Waals surface area contributed by atoms with Gasteiger partial charge >= 0.3 is 5.82 Å². The summed E-state index contributed by atoms with van der Waals surface area (Å²) >= 11 is 6.25. The highest BCUT2D eigenvalue weighted by molar-refractivity contribution is 9.10. The monoisotopic (exact) mass is 437 g/mol. The van der Waals surface area contributed by atoms with Crippen molar-refractivity contribution in [2.45, 2.75) is 0 Å². The normalized spacial score (nSPS) is 9.50. The average molecular weight is 439 g/mol. The predicted octanol–water partition coefficient (Wildman–Crippen LogP) is 3.75. The fourth-order valence-electron chi connectivity index (χ4n) is 1.25. The van der Waals surface area contributed by atoms with Crippen LogP contribution >= 0.6 is 31.9 Å². The minimum Gasteiger partial charge on any atom is -0.492 e. The summed E-state index contributed by atoms with van der Waals surface area (Å²) in [6, 6.07) is 3.01. The molecule has 7 nitrogen and oxygen atoms in total. The van der Waals surface area contributed by atoms with Gasteiger partial charge in [-0.05, 0) is 41.8 Å². The van der Waals surface area contributed by atoms with Crippen molar-refractivity contribution in [3.8, 4) is 11.5 Å². The van der Waals surface area contributed by atoms with Crippen LogP contribution in [0.5, 0.6) is 11.5 Å². The Bertz CT molecular complexity index is 673. The highest BCUT2D eigenvalue weighted by Gasteiger charge is 2.15. The van der Waals surface area contributed by atoms with Crippen molar-refractivity contribution in [2.75, 3.05) is 14.2 Å². The van der Waals surface area contributed by atoms with E-state index in [1.54, 1.807) is 0 Å². The average Bonchev–Trinajstić information content (AvgIpc) is 2.49. The van der Waals surface area contributed by atoms with E-state index in [9.17, 15) is 14.5 Å². The second-order valence-corrected chi connectivity index (χ2v) is 5.41. The summed E-state index contributed by atoms with van der Waals surface area (Å²) in [5.41, 5.74) is 0. The Morgan fingerprint density at radius 3 is 2.05 bits per heavy atom. The second-order valence-electron chi connectivity index (χ2n) is 3.58. The molecule has 0 aromatic carbocycles. The lowest BCUT2D eigenvalue weighted by molar-refractivity contribution is -0.390. The summed E-state index contributed by atoms with van der Waals surface area (Å²) in [5, 5.41) is 10.3. The number of halogens is 3. The third kappa shape index (κ3) is 5.19. The fraction of sp³-hybridized carbons (Fsp3) is 0.167. The van der Waals surface area contributed by atoms with Gasteiger partial charge in [-0.3, -0.25) is 0 Å². The first-order valence-electron chi connectivity index (χ1n) is 5.58. The Morgan fingerprint density at radius 1 is 1.09 bits per heavy atom. The van der Waals surface area contributed by atoms with Gasteiger partial charge in [-0.15, -0.1) is 0 Å². The Labute approximate surface area is 141 Å². The van der Waals surface area contributed by atoms with Gasteiger partial charge in [0, 0.05) is 22.8 Å². The molecule has 0 radical (unpaired) electrons. The number of pyridine rings is 2. The lowest BCUT2D eigenvalue weighted by Crippen LogP contribution is -1.96. The molecule has 118 valence electrons. The fourth-order valence-corrected chi connectivity index (χ4v) is 1.87. The minimum atomic E-state index is -0.592. The number of nitrogens with zero attached hydrogens (tertiary/aromatic N) is 3. The van der Waals surface area contributed by atoms with Crippen molar-refractivity contribution in [2.24, 2.45) is 0 Å². The lowest BCUT2D eigenvalue weighted by atomic mass is 10.4. The number of aromatic nitrogens is 2. The maximum Gasteiger partial charge on any atom is 0.406 e. The van der Waals surface area contributed by atoms with E-state index in [2.05, 4.69) is 46.6 Å². The van der Waals surface area contributed by atoms with Gasteiger partial charge < -0.3 is 19.6 Å². The SMILES string of the molecule is COc1cc(Br)cnc1F.COc1cc(Br)cnc1[N+](=O)[O-]. The summed E-state index contributed by atoms with van der Waals surface area (Å²) in [6.45, 7) is 0. The van der Waals surface area contributed by atoms with E-state index < -0.39 is 10.9 Å². The van der Waals surface area contributed by atoms with Crippen molar-refractivity contribution in [3.63, 3.8) is 0 Å². The maximum absolute atomic E-state index is 12.5. The second kappa shape index (κ2) is 8.59. The van der Waals surface area contributed by atoms with Gasteiger partial charge in [-0.1, -0.05) is 0 Å². The Hall–Kier alpha value is -1.81. The van der Waals surface area contributed by atoms with Crippen molar-refractivity contribution in [3.05, 3.63) is 49.5 Å². The summed E-state index contributed by atoms with van der Waals surface area (Å²) in [6.07, 6.45) is 2.72. The van der Waals surface area contributed by atoms with Crippen molar-refractivity contribution in [1.29, 1.82) is 0 Å². The third-order valence-corrected chi connectivity index (χ3v) is 3.05. The molecule has 10 heteroatoms. The largest absolute Gasteiger partial charge is 0.492 e. The first kappa shape index (κ1) is 18.2. The lowest BCUT2D eigenvalue weighted by Gasteiger charge is -1.99. The van der Waals surface area contributed by atoms with Crippen LogP contribution in [-0.2, 0) is 0 Å². The van der Waals surface area contributed by atoms with Gasteiger partial charge in [-0.2, -0.15) is 4.39 Å². The molecule has 0 amide bonds. The molecule has 0 spiro atoms. The number of methoxy groups -OCH3 is 2. The molecule has 0 unspecified atom stereocenters. The van der Waals surface area contributed by atoms with E-state index >= 15 is 0 Å². The predicted molar refractivity (Wildman–Crippen MR) is 83.6 cm³/mol. The van der Waals surface area contributed by atoms with Crippen LogP contribution in [0.25, 0.3) is 0 Å². The summed E-state index contributed by atoms with van der Waals surface area (Å²) in [4.78, 5) is 16.7. The van der Waals surface area contributed by atoms with Gasteiger partial charge in [0.25, 0.3) is 5.95 Å². The molecular weight excluding hydrogens is 429 g/mol. The molecule has 0 fully saturated rings. The zero-order chi connectivity index (χ0) is 16.7. The first-order chi connectivity index (χ1) is 10.4. The molecule has 0 saturated heterocycles. The van der Waals surface area contributed by atoms with Crippen molar-refractivity contribution in [1.82, 2.24) is 9.97 Å². The molecule has 0 atom stereocenters. The number of nitro groups is 1. The molecule has 2 rings (SSSR count). The van der Waals surface area contributed by atoms with Crippen molar-refractivity contribution < 1.29 is 18.8 Å². The zero-order valence-corrected chi connectivity index (χ0v) is 14.6. The van der Waals surface area contributed by atoms with Crippen LogP contribution in [0.1, 0.15) is 0 Å². The van der Waals surface area contributed by atoms with E-state index in [0.29, 0.717) is 8.95 Å². The molecule has 0 bridgehead atoms. The van der Waals surface area contributed by atoms with E-state index in [-0.39, 0.29) is 17.3 Å². The molecule has 2 heterocycles. The number of hydrogen-bond donors (Lipinski definition) is 0. The van der Waals surface area contributed by atoms with Crippen LogP contribution in [0.3, 0.4) is 0 Å². The first-order valence-corrected chi connectivity index (χ1v) is 7.16. The van der Waals surface area contributed by atoms with Gasteiger partial charge in [0.1, 0.15) is 0 Å². The highest BCUT2D eigenvalue weighted by Crippen LogP contribution is 2.26. The van der Waals surface area contributed by atoms with E-state index in [1.165, 1.54) is 38.7 Å². The third-order valence-electron chi connectivity index (χ3n) is 2.19. The van der Waals surface area contributed by atoms with E-state index in [4.69, 9.17) is 4.74 Å². The topological polar surface area (TPSA) is 87.4 Å². The van der Waals surface area contributed by atoms with Crippen LogP contribution in [0.15, 0.2) is 33.5 Å². The molecule has 2 aromatic heterocycles. The Morgan fingerprint density at radius 2 is 1.59 bits per heavy atom. The standard InChI is InChI=1S/C6H5BrFNO.C6H5BrN2O3/c1-10-5-2-4(7)3-9-6(5)8;1-12-5-2-4(7)3-8-6(5)9(10)11/h2-3H,1H3;2-3H,1H3. The molecule has 0 aliphatic carbocycles. The molecular formula is C12H10Br2FN3O4. The summed E-state index contributed by atoms with van der Waals surface area (Å²) in [5.74, 6) is -0.574. The number of rotatable bonds is 3. The Kier molecular flexibility index (Phi) is 7.12. The number of hydrogen-bond acceptors (Lipinski definition) is 6. The van der Waals surface area contributed by atoms with E-state index in [0.717, 1.165) is 0 Å². The molecule has 0 aliphatic rings. The van der Waals surface area contributed by atoms with Crippen molar-refractivity contribution >= 4 is 37.7 Å². The smallest absolute Gasteiger partial charge is 0.406 e. The molecule has 2 aromatic rings. The van der Waals surface area contributed by atoms with Crippen LogP contribution in [0.4, 0.5) is 10.2 Å². The quantitative estimate of drug-likeness (QED) is 0.412. The van der Waals surface area contributed by atoms with Gasteiger partial charge in [0.05, 0.1) is 18.7 Å².